The number of oxazole rings is 1. The Hall–Kier alpha value is -3.86. The lowest BCUT2D eigenvalue weighted by atomic mass is 10.2. The first-order chi connectivity index (χ1) is 13.7. The minimum Gasteiger partial charge on any atom is -0.444 e. The molecule has 4 rings (SSSR count). The number of nitrogens with one attached hydrogen (secondary N) is 2. The molecule has 1 aromatic heterocycles. The predicted octanol–water partition coefficient (Wildman–Crippen LogP) is 5.96. The van der Waals surface area contributed by atoms with Gasteiger partial charge in [0.1, 0.15) is 12.0 Å². The molecule has 0 bridgehead atoms. The van der Waals surface area contributed by atoms with Crippen LogP contribution >= 0.6 is 0 Å². The quantitative estimate of drug-likeness (QED) is 0.466. The molecule has 0 aliphatic rings. The minimum absolute atomic E-state index is 0.291. The summed E-state index contributed by atoms with van der Waals surface area (Å²) in [4.78, 5) is 16.7. The molecule has 5 nitrogen and oxygen atoms in total. The number of rotatable bonds is 4. The number of amides is 2. The predicted molar refractivity (Wildman–Crippen MR) is 111 cm³/mol. The fourth-order valence-electron chi connectivity index (χ4n) is 2.86. The van der Waals surface area contributed by atoms with E-state index >= 15 is 0 Å². The van der Waals surface area contributed by atoms with Gasteiger partial charge in [-0.25, -0.2) is 9.78 Å². The lowest BCUT2D eigenvalue weighted by Crippen LogP contribution is -2.19. The van der Waals surface area contributed by atoms with Gasteiger partial charge in [-0.1, -0.05) is 42.5 Å². The minimum atomic E-state index is -0.291. The summed E-state index contributed by atoms with van der Waals surface area (Å²) in [7, 11) is 0. The van der Waals surface area contributed by atoms with E-state index in [1.165, 1.54) is 0 Å². The molecule has 0 saturated carbocycles. The SMILES string of the molecule is Cc1cccc(NC(=O)Nc2ccc(-c3nc(-c4ccccc4)co3)cc2)c1. The Morgan fingerprint density at radius 1 is 0.821 bits per heavy atom. The lowest BCUT2D eigenvalue weighted by molar-refractivity contribution is 0.262. The highest BCUT2D eigenvalue weighted by atomic mass is 16.3. The van der Waals surface area contributed by atoms with Crippen LogP contribution in [0, 0.1) is 6.92 Å². The van der Waals surface area contributed by atoms with Gasteiger partial charge in [0, 0.05) is 22.5 Å². The number of carbonyl (C=O) groups is 1. The molecule has 0 aliphatic carbocycles. The molecule has 0 atom stereocenters. The van der Waals surface area contributed by atoms with Gasteiger partial charge in [-0.15, -0.1) is 0 Å². The van der Waals surface area contributed by atoms with Crippen LogP contribution in [0.4, 0.5) is 16.2 Å². The van der Waals surface area contributed by atoms with E-state index in [1.807, 2.05) is 85.8 Å². The molecule has 0 saturated heterocycles. The third-order valence-electron chi connectivity index (χ3n) is 4.24. The number of hydrogen-bond donors (Lipinski definition) is 2. The van der Waals surface area contributed by atoms with Gasteiger partial charge in [-0.3, -0.25) is 0 Å². The van der Waals surface area contributed by atoms with Crippen molar-refractivity contribution in [2.45, 2.75) is 6.92 Å². The van der Waals surface area contributed by atoms with Gasteiger partial charge < -0.3 is 15.1 Å². The van der Waals surface area contributed by atoms with Gasteiger partial charge in [-0.2, -0.15) is 0 Å². The monoisotopic (exact) mass is 369 g/mol. The molecule has 28 heavy (non-hydrogen) atoms. The zero-order chi connectivity index (χ0) is 19.3. The Morgan fingerprint density at radius 2 is 1.57 bits per heavy atom. The van der Waals surface area contributed by atoms with Gasteiger partial charge in [0.15, 0.2) is 0 Å². The van der Waals surface area contributed by atoms with Gasteiger partial charge >= 0.3 is 6.03 Å². The first-order valence-electron chi connectivity index (χ1n) is 8.93. The summed E-state index contributed by atoms with van der Waals surface area (Å²) in [5.41, 5.74) is 5.15. The molecule has 2 N–H and O–H groups in total. The maximum atomic E-state index is 12.2. The molecule has 0 spiro atoms. The zero-order valence-corrected chi connectivity index (χ0v) is 15.3. The molecule has 3 aromatic carbocycles. The highest BCUT2D eigenvalue weighted by Crippen LogP contribution is 2.25. The zero-order valence-electron chi connectivity index (χ0n) is 15.3. The summed E-state index contributed by atoms with van der Waals surface area (Å²) in [5, 5.41) is 5.64. The van der Waals surface area contributed by atoms with Crippen molar-refractivity contribution in [2.75, 3.05) is 10.6 Å². The molecule has 138 valence electrons. The van der Waals surface area contributed by atoms with Crippen molar-refractivity contribution in [3.8, 4) is 22.7 Å². The van der Waals surface area contributed by atoms with E-state index in [4.69, 9.17) is 4.42 Å². The number of benzene rings is 3. The number of carbonyl (C=O) groups excluding carboxylic acids is 1. The second-order valence-electron chi connectivity index (χ2n) is 6.43. The maximum absolute atomic E-state index is 12.2. The van der Waals surface area contributed by atoms with Crippen molar-refractivity contribution < 1.29 is 9.21 Å². The van der Waals surface area contributed by atoms with Gasteiger partial charge in [0.05, 0.1) is 0 Å². The molecular formula is C23H19N3O2. The number of anilines is 2. The standard InChI is InChI=1S/C23H19N3O2/c1-16-6-5-9-20(14-16)25-23(27)24-19-12-10-18(11-13-19)22-26-21(15-28-22)17-7-3-2-4-8-17/h2-15H,1H3,(H2,24,25,27). The van der Waals surface area contributed by atoms with Crippen LogP contribution in [0.3, 0.4) is 0 Å². The van der Waals surface area contributed by atoms with Crippen LogP contribution in [0.5, 0.6) is 0 Å². The van der Waals surface area contributed by atoms with E-state index in [9.17, 15) is 4.79 Å². The fourth-order valence-corrected chi connectivity index (χ4v) is 2.86. The number of aryl methyl sites for hydroxylation is 1. The average molecular weight is 369 g/mol. The normalized spacial score (nSPS) is 10.5. The molecule has 0 unspecified atom stereocenters. The fraction of sp³-hybridized carbons (Fsp3) is 0.0435. The summed E-state index contributed by atoms with van der Waals surface area (Å²) >= 11 is 0. The molecule has 5 heteroatoms. The summed E-state index contributed by atoms with van der Waals surface area (Å²) < 4.78 is 5.61. The Kier molecular flexibility index (Phi) is 4.89. The van der Waals surface area contributed by atoms with Crippen LogP contribution in [-0.4, -0.2) is 11.0 Å². The largest absolute Gasteiger partial charge is 0.444 e. The van der Waals surface area contributed by atoms with Gasteiger partial charge in [0.25, 0.3) is 0 Å². The van der Waals surface area contributed by atoms with E-state index in [1.54, 1.807) is 6.26 Å². The van der Waals surface area contributed by atoms with Crippen LogP contribution < -0.4 is 10.6 Å². The Balaban J connectivity index is 1.43. The number of hydrogen-bond acceptors (Lipinski definition) is 3. The number of nitrogens with zero attached hydrogens (tertiary/aromatic N) is 1. The smallest absolute Gasteiger partial charge is 0.323 e. The highest BCUT2D eigenvalue weighted by Gasteiger charge is 2.09. The molecule has 0 aliphatic heterocycles. The summed E-state index contributed by atoms with van der Waals surface area (Å²) in [6, 6.07) is 24.6. The first-order valence-corrected chi connectivity index (χ1v) is 8.93. The second-order valence-corrected chi connectivity index (χ2v) is 6.43. The first kappa shape index (κ1) is 17.5. The summed E-state index contributed by atoms with van der Waals surface area (Å²) in [6.45, 7) is 1.98. The van der Waals surface area contributed by atoms with Crippen molar-refractivity contribution in [2.24, 2.45) is 0 Å². The number of aromatic nitrogens is 1. The Labute approximate surface area is 163 Å². The number of urea groups is 1. The van der Waals surface area contributed by atoms with Crippen molar-refractivity contribution in [1.82, 2.24) is 4.98 Å². The lowest BCUT2D eigenvalue weighted by Gasteiger charge is -2.08. The molecule has 2 amide bonds. The highest BCUT2D eigenvalue weighted by molar-refractivity contribution is 5.99. The maximum Gasteiger partial charge on any atom is 0.323 e. The van der Waals surface area contributed by atoms with Crippen molar-refractivity contribution in [3.05, 3.63) is 90.7 Å². The second kappa shape index (κ2) is 7.80. The molecular weight excluding hydrogens is 350 g/mol. The van der Waals surface area contributed by atoms with Gasteiger partial charge in [-0.05, 0) is 48.9 Å². The third kappa shape index (κ3) is 4.10. The van der Waals surface area contributed by atoms with Crippen LogP contribution in [0.25, 0.3) is 22.7 Å². The molecule has 4 aromatic rings. The molecule has 0 radical (unpaired) electrons. The van der Waals surface area contributed by atoms with E-state index in [-0.39, 0.29) is 6.03 Å². The average Bonchev–Trinajstić information content (AvgIpc) is 3.19. The van der Waals surface area contributed by atoms with Crippen LogP contribution in [0.1, 0.15) is 5.56 Å². The van der Waals surface area contributed by atoms with Crippen LogP contribution in [0.15, 0.2) is 89.5 Å². The van der Waals surface area contributed by atoms with Crippen molar-refractivity contribution in [1.29, 1.82) is 0 Å². The van der Waals surface area contributed by atoms with E-state index in [0.717, 1.165) is 28.1 Å². The third-order valence-corrected chi connectivity index (χ3v) is 4.24. The van der Waals surface area contributed by atoms with Gasteiger partial charge in [0.2, 0.25) is 5.89 Å². The van der Waals surface area contributed by atoms with E-state index < -0.39 is 0 Å². The van der Waals surface area contributed by atoms with Crippen LogP contribution in [-0.2, 0) is 0 Å². The summed E-state index contributed by atoms with van der Waals surface area (Å²) in [5.74, 6) is 0.537. The van der Waals surface area contributed by atoms with Crippen molar-refractivity contribution >= 4 is 17.4 Å². The molecule has 0 fully saturated rings. The summed E-state index contributed by atoms with van der Waals surface area (Å²) in [6.07, 6.45) is 1.64. The van der Waals surface area contributed by atoms with E-state index in [0.29, 0.717) is 11.6 Å². The Morgan fingerprint density at radius 3 is 2.32 bits per heavy atom. The van der Waals surface area contributed by atoms with Crippen molar-refractivity contribution in [3.63, 3.8) is 0 Å². The Bertz CT molecular complexity index is 1090. The topological polar surface area (TPSA) is 67.2 Å². The van der Waals surface area contributed by atoms with E-state index in [2.05, 4.69) is 15.6 Å². The molecule has 1 heterocycles. The van der Waals surface area contributed by atoms with Crippen LogP contribution in [0.2, 0.25) is 0 Å².